The number of rotatable bonds is 4. The molecule has 0 fully saturated rings. The zero-order valence-electron chi connectivity index (χ0n) is 14.9. The van der Waals surface area contributed by atoms with Gasteiger partial charge in [-0.15, -0.1) is 0 Å². The molecule has 3 rings (SSSR count). The Labute approximate surface area is 171 Å². The number of amides is 1. The van der Waals surface area contributed by atoms with Crippen molar-refractivity contribution < 1.29 is 17.9 Å². The fourth-order valence-corrected chi connectivity index (χ4v) is 5.53. The Morgan fingerprint density at radius 1 is 1.33 bits per heavy atom. The Hall–Kier alpha value is -1.77. The van der Waals surface area contributed by atoms with Crippen molar-refractivity contribution in [2.75, 3.05) is 16.7 Å². The highest BCUT2D eigenvalue weighted by atomic mass is 79.9. The maximum atomic E-state index is 13.1. The standard InChI is InChI=1S/C18H18BrClN2O4S/c1-10-6-12-7-13(19)8-17(18(12)22(10)11(2)23)27(24,25)21-14-4-5-16(26-3)15(20)9-14/h4-5,7-10,21H,6H2,1-3H3. The molecule has 0 saturated heterocycles. The number of hydrogen-bond acceptors (Lipinski definition) is 4. The summed E-state index contributed by atoms with van der Waals surface area (Å²) in [6.07, 6.45) is 0.589. The number of fused-ring (bicyclic) bond motifs is 1. The van der Waals surface area contributed by atoms with Crippen LogP contribution in [0.1, 0.15) is 19.4 Å². The molecule has 1 aliphatic rings. The van der Waals surface area contributed by atoms with Gasteiger partial charge >= 0.3 is 0 Å². The van der Waals surface area contributed by atoms with Crippen LogP contribution >= 0.6 is 27.5 Å². The molecule has 0 bridgehead atoms. The summed E-state index contributed by atoms with van der Waals surface area (Å²) in [4.78, 5) is 13.7. The first kappa shape index (κ1) is 20.0. The van der Waals surface area contributed by atoms with Crippen molar-refractivity contribution in [3.05, 3.63) is 45.4 Å². The van der Waals surface area contributed by atoms with E-state index in [0.717, 1.165) is 5.56 Å². The molecule has 2 aromatic rings. The minimum Gasteiger partial charge on any atom is -0.495 e. The number of nitrogens with one attached hydrogen (secondary N) is 1. The van der Waals surface area contributed by atoms with Crippen molar-refractivity contribution in [1.29, 1.82) is 0 Å². The van der Waals surface area contributed by atoms with Crippen LogP contribution in [0.4, 0.5) is 11.4 Å². The molecule has 1 atom stereocenters. The van der Waals surface area contributed by atoms with Crippen molar-refractivity contribution in [3.63, 3.8) is 0 Å². The van der Waals surface area contributed by atoms with E-state index >= 15 is 0 Å². The van der Waals surface area contributed by atoms with E-state index in [1.54, 1.807) is 12.1 Å². The van der Waals surface area contributed by atoms with Gasteiger partial charge in [-0.2, -0.15) is 0 Å². The monoisotopic (exact) mass is 472 g/mol. The lowest BCUT2D eigenvalue weighted by Crippen LogP contribution is -2.34. The Kier molecular flexibility index (Phi) is 5.42. The van der Waals surface area contributed by atoms with Crippen LogP contribution in [0.3, 0.4) is 0 Å². The van der Waals surface area contributed by atoms with Crippen LogP contribution in [0.2, 0.25) is 5.02 Å². The molecule has 1 heterocycles. The van der Waals surface area contributed by atoms with E-state index < -0.39 is 10.0 Å². The maximum Gasteiger partial charge on any atom is 0.264 e. The Morgan fingerprint density at radius 3 is 2.63 bits per heavy atom. The molecule has 0 saturated carbocycles. The van der Waals surface area contributed by atoms with Gasteiger partial charge in [-0.05, 0) is 49.2 Å². The van der Waals surface area contributed by atoms with Gasteiger partial charge in [0.1, 0.15) is 10.6 Å². The molecule has 1 N–H and O–H groups in total. The highest BCUT2D eigenvalue weighted by Gasteiger charge is 2.35. The van der Waals surface area contributed by atoms with E-state index in [1.807, 2.05) is 13.0 Å². The quantitative estimate of drug-likeness (QED) is 0.722. The number of benzene rings is 2. The minimum atomic E-state index is -3.96. The number of anilines is 2. The molecule has 0 radical (unpaired) electrons. The van der Waals surface area contributed by atoms with Crippen LogP contribution in [0, 0.1) is 0 Å². The smallest absolute Gasteiger partial charge is 0.264 e. The number of ether oxygens (including phenoxy) is 1. The number of sulfonamides is 1. The normalized spacial score (nSPS) is 16.2. The van der Waals surface area contributed by atoms with Gasteiger partial charge in [0, 0.05) is 17.4 Å². The summed E-state index contributed by atoms with van der Waals surface area (Å²) in [5, 5.41) is 0.288. The van der Waals surface area contributed by atoms with Gasteiger partial charge in [0.25, 0.3) is 10.0 Å². The van der Waals surface area contributed by atoms with Gasteiger partial charge in [-0.1, -0.05) is 27.5 Å². The fraction of sp³-hybridized carbons (Fsp3) is 0.278. The molecule has 0 aromatic heterocycles. The number of methoxy groups -OCH3 is 1. The van der Waals surface area contributed by atoms with E-state index in [4.69, 9.17) is 16.3 Å². The second-order valence-corrected chi connectivity index (χ2v) is 9.28. The molecule has 2 aromatic carbocycles. The van der Waals surface area contributed by atoms with Crippen molar-refractivity contribution in [2.45, 2.75) is 31.2 Å². The molecule has 1 aliphatic heterocycles. The largest absolute Gasteiger partial charge is 0.495 e. The van der Waals surface area contributed by atoms with Crippen molar-refractivity contribution in [3.8, 4) is 5.75 Å². The van der Waals surface area contributed by atoms with Gasteiger partial charge in [0.2, 0.25) is 5.91 Å². The van der Waals surface area contributed by atoms with E-state index in [9.17, 15) is 13.2 Å². The van der Waals surface area contributed by atoms with E-state index in [1.165, 1.54) is 31.1 Å². The predicted molar refractivity (Wildman–Crippen MR) is 109 cm³/mol. The SMILES string of the molecule is COc1ccc(NS(=O)(=O)c2cc(Br)cc3c2N(C(C)=O)C(C)C3)cc1Cl. The lowest BCUT2D eigenvalue weighted by Gasteiger charge is -2.23. The summed E-state index contributed by atoms with van der Waals surface area (Å²) in [7, 11) is -2.48. The number of carbonyl (C=O) groups excluding carboxylic acids is 1. The van der Waals surface area contributed by atoms with Crippen LogP contribution in [-0.4, -0.2) is 27.5 Å². The lowest BCUT2D eigenvalue weighted by atomic mass is 10.1. The molecule has 0 aliphatic carbocycles. The van der Waals surface area contributed by atoms with Crippen LogP contribution < -0.4 is 14.4 Å². The van der Waals surface area contributed by atoms with Crippen molar-refractivity contribution >= 4 is 54.8 Å². The molecule has 0 spiro atoms. The van der Waals surface area contributed by atoms with Crippen molar-refractivity contribution in [1.82, 2.24) is 0 Å². The van der Waals surface area contributed by atoms with Gasteiger partial charge in [-0.25, -0.2) is 8.42 Å². The van der Waals surface area contributed by atoms with E-state index in [0.29, 0.717) is 28.0 Å². The number of hydrogen-bond donors (Lipinski definition) is 1. The summed E-state index contributed by atoms with van der Waals surface area (Å²) in [5.41, 5.74) is 1.53. The minimum absolute atomic E-state index is 0.0402. The highest BCUT2D eigenvalue weighted by Crippen LogP contribution is 2.41. The van der Waals surface area contributed by atoms with Crippen LogP contribution in [0.5, 0.6) is 5.75 Å². The maximum absolute atomic E-state index is 13.1. The average Bonchev–Trinajstić information content (AvgIpc) is 2.89. The zero-order valence-corrected chi connectivity index (χ0v) is 18.1. The number of halogens is 2. The molecule has 144 valence electrons. The molecule has 1 unspecified atom stereocenters. The summed E-state index contributed by atoms with van der Waals surface area (Å²) >= 11 is 9.45. The highest BCUT2D eigenvalue weighted by molar-refractivity contribution is 9.10. The third kappa shape index (κ3) is 3.79. The lowest BCUT2D eigenvalue weighted by molar-refractivity contribution is -0.116. The van der Waals surface area contributed by atoms with E-state index in [-0.39, 0.29) is 21.9 Å². The van der Waals surface area contributed by atoms with Crippen LogP contribution in [0.15, 0.2) is 39.7 Å². The third-order valence-electron chi connectivity index (χ3n) is 4.35. The van der Waals surface area contributed by atoms with E-state index in [2.05, 4.69) is 20.7 Å². The van der Waals surface area contributed by atoms with Gasteiger partial charge in [-0.3, -0.25) is 9.52 Å². The topological polar surface area (TPSA) is 75.7 Å². The predicted octanol–water partition coefficient (Wildman–Crippen LogP) is 4.21. The Morgan fingerprint density at radius 2 is 2.04 bits per heavy atom. The first-order valence-electron chi connectivity index (χ1n) is 8.12. The summed E-state index contributed by atoms with van der Waals surface area (Å²) in [6, 6.07) is 7.84. The van der Waals surface area contributed by atoms with Crippen LogP contribution in [0.25, 0.3) is 0 Å². The molecular weight excluding hydrogens is 456 g/mol. The molecular formula is C18H18BrClN2O4S. The van der Waals surface area contributed by atoms with Gasteiger partial charge < -0.3 is 9.64 Å². The number of carbonyl (C=O) groups is 1. The van der Waals surface area contributed by atoms with Crippen molar-refractivity contribution in [2.24, 2.45) is 0 Å². The van der Waals surface area contributed by atoms with Crippen LogP contribution in [-0.2, 0) is 21.2 Å². The Bertz CT molecular complexity index is 1030. The molecule has 1 amide bonds. The third-order valence-corrected chi connectivity index (χ3v) is 6.50. The summed E-state index contributed by atoms with van der Waals surface area (Å²) in [5.74, 6) is 0.243. The molecule has 6 nitrogen and oxygen atoms in total. The zero-order chi connectivity index (χ0) is 19.9. The molecule has 9 heteroatoms. The fourth-order valence-electron chi connectivity index (χ4n) is 3.30. The Balaban J connectivity index is 2.08. The molecule has 27 heavy (non-hydrogen) atoms. The second kappa shape index (κ2) is 7.33. The van der Waals surface area contributed by atoms with Gasteiger partial charge in [0.15, 0.2) is 0 Å². The first-order valence-corrected chi connectivity index (χ1v) is 10.8. The summed E-state index contributed by atoms with van der Waals surface area (Å²) in [6.45, 7) is 3.32. The van der Waals surface area contributed by atoms with Gasteiger partial charge in [0.05, 0.1) is 23.5 Å². The first-order chi connectivity index (χ1) is 12.6. The second-order valence-electron chi connectivity index (χ2n) is 6.31. The number of nitrogens with zero attached hydrogens (tertiary/aromatic N) is 1. The summed E-state index contributed by atoms with van der Waals surface area (Å²) < 4.78 is 34.5. The average molecular weight is 474 g/mol.